The fourth-order valence-corrected chi connectivity index (χ4v) is 2.14. The first-order valence-corrected chi connectivity index (χ1v) is 10.4. The molecule has 0 fully saturated rings. The molecule has 13 heteroatoms. The van der Waals surface area contributed by atoms with Crippen LogP contribution >= 0.6 is 7.82 Å². The van der Waals surface area contributed by atoms with Crippen molar-refractivity contribution in [3.63, 3.8) is 0 Å². The maximum atomic E-state index is 10.4. The summed E-state index contributed by atoms with van der Waals surface area (Å²) in [6.07, 6.45) is 12.0. The molecule has 142 valence electrons. The van der Waals surface area contributed by atoms with Crippen LogP contribution in [0.15, 0.2) is 0 Å². The van der Waals surface area contributed by atoms with Crippen LogP contribution in [0.3, 0.4) is 0 Å². The third-order valence-electron chi connectivity index (χ3n) is 2.76. The van der Waals surface area contributed by atoms with Crippen molar-refractivity contribution < 1.29 is 173 Å². The number of phosphoric ester groups is 1. The zero-order valence-electron chi connectivity index (χ0n) is 19.1. The molecule has 0 bridgehead atoms. The molecule has 0 aromatic heterocycles. The van der Waals surface area contributed by atoms with Gasteiger partial charge in [0, 0.05) is 0 Å². The van der Waals surface area contributed by atoms with E-state index in [1.807, 2.05) is 0 Å². The van der Waals surface area contributed by atoms with Gasteiger partial charge >= 0.3 is 151 Å². The molecule has 0 saturated carbocycles. The largest absolute Gasteiger partial charge is 1.00 e. The van der Waals surface area contributed by atoms with Crippen LogP contribution in [0.2, 0.25) is 0 Å². The first-order chi connectivity index (χ1) is 10.1. The van der Waals surface area contributed by atoms with Crippen molar-refractivity contribution in [2.45, 2.75) is 71.1 Å². The van der Waals surface area contributed by atoms with Gasteiger partial charge in [0.05, 0.1) is 6.61 Å². The molecule has 0 atom stereocenters. The number of rotatable bonds is 12. The Morgan fingerprint density at radius 1 is 0.840 bits per heavy atom. The molecular weight excluding hydrogens is 436 g/mol. The normalized spacial score (nSPS) is 10.4. The van der Waals surface area contributed by atoms with E-state index < -0.39 is 18.2 Å². The topological polar surface area (TPSA) is 141 Å². The molecule has 0 heterocycles. The smallest absolute Gasteiger partial charge is 1.00 e. The van der Waals surface area contributed by atoms with Crippen LogP contribution in [0, 0.1) is 0 Å². The van der Waals surface area contributed by atoms with E-state index in [2.05, 4.69) is 11.4 Å². The molecule has 0 unspecified atom stereocenters. The van der Waals surface area contributed by atoms with E-state index in [9.17, 15) is 4.57 Å². The van der Waals surface area contributed by atoms with Gasteiger partial charge in [-0.05, 0) is 6.42 Å². The summed E-state index contributed by atoms with van der Waals surface area (Å²) in [6, 6.07) is 0. The molecule has 0 aromatic carbocycles. The van der Waals surface area contributed by atoms with Crippen LogP contribution in [0.25, 0.3) is 0 Å². The molecule has 8 nitrogen and oxygen atoms in total. The summed E-state index contributed by atoms with van der Waals surface area (Å²) in [6.45, 7) is 2.39. The number of phosphoric acid groups is 1. The van der Waals surface area contributed by atoms with Crippen LogP contribution in [0.1, 0.15) is 75.4 Å². The summed E-state index contributed by atoms with van der Waals surface area (Å²) in [5.74, 6) is 0. The Balaban J connectivity index is -0.0000000543. The van der Waals surface area contributed by atoms with Crippen LogP contribution in [0.5, 0.6) is 0 Å². The maximum absolute atomic E-state index is 10.4. The van der Waals surface area contributed by atoms with E-state index in [0.717, 1.165) is 19.3 Å². The predicted octanol–water partition coefficient (Wildman–Crippen LogP) is -5.29. The Hall–Kier alpha value is 4.25. The van der Waals surface area contributed by atoms with E-state index >= 15 is 0 Å². The molecule has 0 amide bonds. The molecule has 0 aliphatic rings. The Morgan fingerprint density at radius 2 is 1.12 bits per heavy atom. The molecule has 4 N–H and O–H groups in total. The van der Waals surface area contributed by atoms with E-state index in [1.165, 1.54) is 44.9 Å². The second kappa shape index (κ2) is 26.3. The second-order valence-electron chi connectivity index (χ2n) is 4.95. The minimum Gasteiger partial charge on any atom is -1.00 e. The molecule has 0 spiro atoms. The van der Waals surface area contributed by atoms with Gasteiger partial charge in [-0.25, -0.2) is 4.57 Å². The van der Waals surface area contributed by atoms with Crippen molar-refractivity contribution in [2.24, 2.45) is 0 Å². The average Bonchev–Trinajstić information content (AvgIpc) is 2.32. The first-order valence-electron chi connectivity index (χ1n) is 7.46. The molecule has 0 aliphatic heterocycles. The van der Waals surface area contributed by atoms with Gasteiger partial charge < -0.3 is 14.1 Å². The van der Waals surface area contributed by atoms with Gasteiger partial charge in [-0.3, -0.25) is 13.6 Å². The Bertz CT molecular complexity index is 400. The van der Waals surface area contributed by atoms with Crippen LogP contribution < -0.4 is 132 Å². The van der Waals surface area contributed by atoms with Gasteiger partial charge in [-0.2, -0.15) is 8.42 Å². The minimum absolute atomic E-state index is 0. The standard InChI is InChI=1S/C12H27O4P.2K.Na.H2O4S.3H/c1-2-3-4-5-6-7-8-9-10-11-12-16-17(13,14)15;;;;1-5(2,3)4;;;/h2-12H2,1H3,(H2,13,14,15);;;;(H2,1,2,3,4);;;/q;3*+1;;3*-1. The van der Waals surface area contributed by atoms with Crippen molar-refractivity contribution in [1.82, 2.24) is 0 Å². The molecule has 0 aliphatic carbocycles. The fraction of sp³-hybridized carbons (Fsp3) is 1.00. The van der Waals surface area contributed by atoms with Crippen molar-refractivity contribution in [3.8, 4) is 0 Å². The second-order valence-corrected chi connectivity index (χ2v) is 7.09. The van der Waals surface area contributed by atoms with Crippen molar-refractivity contribution >= 4 is 18.2 Å². The summed E-state index contributed by atoms with van der Waals surface area (Å²) in [5, 5.41) is 0. The van der Waals surface area contributed by atoms with Gasteiger partial charge in [-0.1, -0.05) is 64.7 Å². The molecule has 25 heavy (non-hydrogen) atoms. The van der Waals surface area contributed by atoms with Gasteiger partial charge in [-0.15, -0.1) is 0 Å². The molecular formula is C12H32K2NaO8PS. The van der Waals surface area contributed by atoms with Crippen molar-refractivity contribution in [1.29, 1.82) is 0 Å². The van der Waals surface area contributed by atoms with E-state index in [1.54, 1.807) is 0 Å². The summed E-state index contributed by atoms with van der Waals surface area (Å²) >= 11 is 0. The first kappa shape index (κ1) is 39.7. The SMILES string of the molecule is CCCCCCCCCCCCOP(=O)(O)O.O=S(=O)(O)O.[H-].[H-].[H-].[K+].[K+].[Na+]. The zero-order chi connectivity index (χ0) is 17.5. The number of hydrogen-bond donors (Lipinski definition) is 4. The molecule has 0 rings (SSSR count). The quantitative estimate of drug-likeness (QED) is 0.0964. The third kappa shape index (κ3) is 58.4. The van der Waals surface area contributed by atoms with Gasteiger partial charge in [0.2, 0.25) is 0 Å². The third-order valence-corrected chi connectivity index (χ3v) is 3.28. The van der Waals surface area contributed by atoms with Crippen LogP contribution in [0.4, 0.5) is 0 Å². The zero-order valence-corrected chi connectivity index (χ0v) is 26.0. The van der Waals surface area contributed by atoms with Gasteiger partial charge in [0.25, 0.3) is 0 Å². The van der Waals surface area contributed by atoms with Gasteiger partial charge in [0.15, 0.2) is 0 Å². The van der Waals surface area contributed by atoms with Crippen LogP contribution in [-0.2, 0) is 19.5 Å². The summed E-state index contributed by atoms with van der Waals surface area (Å²) in [5.41, 5.74) is 0. The van der Waals surface area contributed by atoms with E-state index in [4.69, 9.17) is 27.3 Å². The molecule has 0 aromatic rings. The fourth-order valence-electron chi connectivity index (χ4n) is 1.77. The van der Waals surface area contributed by atoms with Gasteiger partial charge in [0.1, 0.15) is 0 Å². The summed E-state index contributed by atoms with van der Waals surface area (Å²) in [7, 11) is -8.91. The Labute approximate surface area is 263 Å². The number of hydrogen-bond acceptors (Lipinski definition) is 4. The Kier molecular flexibility index (Phi) is 41.7. The summed E-state index contributed by atoms with van der Waals surface area (Å²) in [4.78, 5) is 16.9. The average molecular weight is 469 g/mol. The van der Waals surface area contributed by atoms with Crippen molar-refractivity contribution in [2.75, 3.05) is 6.61 Å². The maximum Gasteiger partial charge on any atom is 1.00 e. The van der Waals surface area contributed by atoms with E-state index in [0.29, 0.717) is 0 Å². The van der Waals surface area contributed by atoms with Crippen molar-refractivity contribution in [3.05, 3.63) is 0 Å². The summed E-state index contributed by atoms with van der Waals surface area (Å²) < 4.78 is 46.3. The minimum atomic E-state index is -4.67. The predicted molar refractivity (Wildman–Crippen MR) is 87.4 cm³/mol. The monoisotopic (exact) mass is 468 g/mol. The van der Waals surface area contributed by atoms with Crippen LogP contribution in [-0.4, -0.2) is 33.9 Å². The molecule has 0 radical (unpaired) electrons. The number of unbranched alkanes of at least 4 members (excludes halogenated alkanes) is 9. The molecule has 0 saturated heterocycles. The van der Waals surface area contributed by atoms with E-state index in [-0.39, 0.29) is 143 Å². The Morgan fingerprint density at radius 3 is 1.40 bits per heavy atom.